The van der Waals surface area contributed by atoms with E-state index in [4.69, 9.17) is 24.9 Å². The van der Waals surface area contributed by atoms with E-state index in [2.05, 4.69) is 22.1 Å². The third-order valence-electron chi connectivity index (χ3n) is 6.98. The van der Waals surface area contributed by atoms with E-state index in [-0.39, 0.29) is 24.1 Å². The zero-order valence-corrected chi connectivity index (χ0v) is 16.9. The minimum absolute atomic E-state index is 0.0995. The van der Waals surface area contributed by atoms with Gasteiger partial charge in [-0.15, -0.1) is 0 Å². The lowest BCUT2D eigenvalue weighted by molar-refractivity contribution is -0.0643. The lowest BCUT2D eigenvalue weighted by atomic mass is 9.67. The summed E-state index contributed by atoms with van der Waals surface area (Å²) < 4.78 is 18.5. The van der Waals surface area contributed by atoms with Crippen LogP contribution in [-0.2, 0) is 15.0 Å². The molecule has 3 heterocycles. The second-order valence-electron chi connectivity index (χ2n) is 8.98. The van der Waals surface area contributed by atoms with Crippen LogP contribution >= 0.6 is 0 Å². The predicted molar refractivity (Wildman–Crippen MR) is 111 cm³/mol. The smallest absolute Gasteiger partial charge is 0.283 e. The van der Waals surface area contributed by atoms with E-state index in [9.17, 15) is 0 Å². The average Bonchev–Trinajstić information content (AvgIpc) is 3.54. The maximum atomic E-state index is 6.48. The molecule has 0 bridgehead atoms. The molecule has 7 heteroatoms. The van der Waals surface area contributed by atoms with Gasteiger partial charge < -0.3 is 19.9 Å². The number of nitrogens with zero attached hydrogens (tertiary/aromatic N) is 3. The molecule has 1 spiro atoms. The summed E-state index contributed by atoms with van der Waals surface area (Å²) in [5.74, 6) is 1.81. The topological polar surface area (TPSA) is 91.9 Å². The standard InChI is InChI=1S/C23H26N4O3/c24-22-27-23(12-29-22)18-7-15(16-9-25-13-26-10-16)3-5-20(18)30-21-6-4-17(8-19(21)23)28-11-14-1-2-14/h3,5,7,9-10,13-14,17,19,21H,1-2,4,6,8,11-12H2,(H2,24,27)/t17-,19+,21+,23+/m1/s1. The molecule has 2 aliphatic carbocycles. The van der Waals surface area contributed by atoms with Gasteiger partial charge in [-0.3, -0.25) is 0 Å². The summed E-state index contributed by atoms with van der Waals surface area (Å²) in [6, 6.07) is 6.49. The fraction of sp³-hybridized carbons (Fsp3) is 0.522. The maximum Gasteiger partial charge on any atom is 0.283 e. The third kappa shape index (κ3) is 3.03. The molecule has 0 radical (unpaired) electrons. The first kappa shape index (κ1) is 18.1. The maximum absolute atomic E-state index is 6.48. The van der Waals surface area contributed by atoms with Crippen LogP contribution in [-0.4, -0.2) is 41.4 Å². The molecule has 7 nitrogen and oxygen atoms in total. The molecule has 0 unspecified atom stereocenters. The van der Waals surface area contributed by atoms with E-state index in [0.717, 1.165) is 54.2 Å². The quantitative estimate of drug-likeness (QED) is 0.839. The highest BCUT2D eigenvalue weighted by molar-refractivity contribution is 5.75. The number of amidine groups is 1. The predicted octanol–water partition coefficient (Wildman–Crippen LogP) is 3.04. The second-order valence-corrected chi connectivity index (χ2v) is 8.98. The molecule has 2 fully saturated rings. The van der Waals surface area contributed by atoms with Crippen LogP contribution in [0.4, 0.5) is 0 Å². The Labute approximate surface area is 175 Å². The van der Waals surface area contributed by atoms with Gasteiger partial charge in [0.1, 0.15) is 30.3 Å². The second kappa shape index (κ2) is 6.94. The zero-order valence-electron chi connectivity index (χ0n) is 16.9. The number of benzene rings is 1. The summed E-state index contributed by atoms with van der Waals surface area (Å²) in [7, 11) is 0. The molecule has 4 aliphatic rings. The Kier molecular flexibility index (Phi) is 4.19. The van der Waals surface area contributed by atoms with Crippen molar-refractivity contribution in [2.24, 2.45) is 22.6 Å². The van der Waals surface area contributed by atoms with Crippen molar-refractivity contribution < 1.29 is 14.2 Å². The number of aliphatic imine (C=N–C) groups is 1. The van der Waals surface area contributed by atoms with Crippen LogP contribution in [0.5, 0.6) is 5.75 Å². The highest BCUT2D eigenvalue weighted by atomic mass is 16.5. The molecule has 2 saturated carbocycles. The van der Waals surface area contributed by atoms with Gasteiger partial charge in [-0.2, -0.15) is 0 Å². The van der Waals surface area contributed by atoms with Crippen molar-refractivity contribution in [1.82, 2.24) is 9.97 Å². The van der Waals surface area contributed by atoms with Gasteiger partial charge in [0.2, 0.25) is 0 Å². The molecular formula is C23H26N4O3. The van der Waals surface area contributed by atoms with Crippen molar-refractivity contribution in [2.45, 2.75) is 49.9 Å². The van der Waals surface area contributed by atoms with Gasteiger partial charge in [0.05, 0.1) is 6.10 Å². The van der Waals surface area contributed by atoms with Gasteiger partial charge >= 0.3 is 0 Å². The first-order chi connectivity index (χ1) is 14.7. The van der Waals surface area contributed by atoms with E-state index >= 15 is 0 Å². The Morgan fingerprint density at radius 2 is 1.97 bits per heavy atom. The largest absolute Gasteiger partial charge is 0.490 e. The van der Waals surface area contributed by atoms with Crippen LogP contribution in [0, 0.1) is 11.8 Å². The van der Waals surface area contributed by atoms with E-state index in [1.807, 2.05) is 18.5 Å². The number of hydrogen-bond acceptors (Lipinski definition) is 7. The number of hydrogen-bond donors (Lipinski definition) is 1. The van der Waals surface area contributed by atoms with Crippen molar-refractivity contribution in [3.05, 3.63) is 42.5 Å². The van der Waals surface area contributed by atoms with Crippen molar-refractivity contribution in [3.8, 4) is 16.9 Å². The van der Waals surface area contributed by atoms with Gasteiger partial charge in [0.15, 0.2) is 0 Å². The summed E-state index contributed by atoms with van der Waals surface area (Å²) in [4.78, 5) is 13.2. The van der Waals surface area contributed by atoms with Crippen LogP contribution in [0.2, 0.25) is 0 Å². The Hall–Kier alpha value is -2.67. The van der Waals surface area contributed by atoms with Gasteiger partial charge in [-0.05, 0) is 55.7 Å². The van der Waals surface area contributed by atoms with Gasteiger partial charge in [0.25, 0.3) is 6.02 Å². The summed E-state index contributed by atoms with van der Waals surface area (Å²) in [6.45, 7) is 1.33. The molecule has 30 heavy (non-hydrogen) atoms. The highest BCUT2D eigenvalue weighted by Gasteiger charge is 2.55. The molecule has 6 rings (SSSR count). The van der Waals surface area contributed by atoms with Crippen LogP contribution in [0.3, 0.4) is 0 Å². The fourth-order valence-electron chi connectivity index (χ4n) is 5.19. The van der Waals surface area contributed by atoms with Crippen molar-refractivity contribution in [2.75, 3.05) is 13.2 Å². The van der Waals surface area contributed by atoms with Crippen LogP contribution in [0.15, 0.2) is 41.9 Å². The molecule has 1 aromatic carbocycles. The lowest BCUT2D eigenvalue weighted by Crippen LogP contribution is -2.52. The molecule has 2 N–H and O–H groups in total. The molecule has 2 aliphatic heterocycles. The van der Waals surface area contributed by atoms with Crippen molar-refractivity contribution in [1.29, 1.82) is 0 Å². The number of fused-ring (bicyclic) bond motifs is 4. The molecule has 156 valence electrons. The highest BCUT2D eigenvalue weighted by Crippen LogP contribution is 2.53. The fourth-order valence-corrected chi connectivity index (χ4v) is 5.19. The summed E-state index contributed by atoms with van der Waals surface area (Å²) in [6.07, 6.45) is 11.0. The lowest BCUT2D eigenvalue weighted by Gasteiger charge is -2.48. The minimum atomic E-state index is -0.532. The molecular weight excluding hydrogens is 380 g/mol. The molecule has 4 atom stereocenters. The first-order valence-electron chi connectivity index (χ1n) is 10.9. The van der Waals surface area contributed by atoms with Gasteiger partial charge in [-0.25, -0.2) is 15.0 Å². The Morgan fingerprint density at radius 3 is 2.73 bits per heavy atom. The van der Waals surface area contributed by atoms with E-state index in [1.165, 1.54) is 19.2 Å². The number of aromatic nitrogens is 2. The van der Waals surface area contributed by atoms with Crippen molar-refractivity contribution >= 4 is 6.02 Å². The van der Waals surface area contributed by atoms with Crippen LogP contribution in [0.25, 0.3) is 11.1 Å². The number of ether oxygens (including phenoxy) is 3. The number of nitrogens with two attached hydrogens (primary N) is 1. The molecule has 0 saturated heterocycles. The third-order valence-corrected chi connectivity index (χ3v) is 6.98. The molecule has 1 aromatic heterocycles. The Morgan fingerprint density at radius 1 is 1.10 bits per heavy atom. The first-order valence-corrected chi connectivity index (χ1v) is 10.9. The SMILES string of the molecule is NC1=N[C@@]2(CO1)c1cc(-c3cncnc3)ccc1O[C@H]1CC[C@@H](OCC3CC3)C[C@@H]12. The Balaban J connectivity index is 1.38. The van der Waals surface area contributed by atoms with E-state index in [1.54, 1.807) is 0 Å². The minimum Gasteiger partial charge on any atom is -0.490 e. The summed E-state index contributed by atoms with van der Waals surface area (Å²) in [5, 5.41) is 0. The van der Waals surface area contributed by atoms with Crippen LogP contribution in [0.1, 0.15) is 37.7 Å². The van der Waals surface area contributed by atoms with Crippen molar-refractivity contribution in [3.63, 3.8) is 0 Å². The molecule has 2 aromatic rings. The van der Waals surface area contributed by atoms with Gasteiger partial charge in [0, 0.05) is 36.0 Å². The number of rotatable bonds is 4. The van der Waals surface area contributed by atoms with E-state index < -0.39 is 5.54 Å². The summed E-state index contributed by atoms with van der Waals surface area (Å²) >= 11 is 0. The van der Waals surface area contributed by atoms with Gasteiger partial charge in [-0.1, -0.05) is 6.07 Å². The summed E-state index contributed by atoms with van der Waals surface area (Å²) in [5.41, 5.74) is 8.55. The normalized spacial score (nSPS) is 32.0. The zero-order chi connectivity index (χ0) is 20.1. The molecule has 0 amide bonds. The average molecular weight is 406 g/mol. The monoisotopic (exact) mass is 406 g/mol. The Bertz CT molecular complexity index is 978. The van der Waals surface area contributed by atoms with Crippen LogP contribution < -0.4 is 10.5 Å². The van der Waals surface area contributed by atoms with E-state index in [0.29, 0.717) is 6.61 Å².